The molecule has 0 aliphatic heterocycles. The highest BCUT2D eigenvalue weighted by atomic mass is 35.5. The van der Waals surface area contributed by atoms with Crippen molar-refractivity contribution in [2.24, 2.45) is 0 Å². The van der Waals surface area contributed by atoms with Crippen LogP contribution in [0.2, 0.25) is 10.0 Å². The molecule has 4 aromatic rings. The van der Waals surface area contributed by atoms with E-state index in [1.807, 2.05) is 42.5 Å². The lowest BCUT2D eigenvalue weighted by Gasteiger charge is -2.13. The minimum Gasteiger partial charge on any atom is -0.493 e. The number of anilines is 1. The second-order valence-electron chi connectivity index (χ2n) is 7.80. The normalized spacial score (nSPS) is 10.6. The Morgan fingerprint density at radius 3 is 2.42 bits per heavy atom. The number of hydrogen-bond donors (Lipinski definition) is 1. The van der Waals surface area contributed by atoms with Crippen LogP contribution in [-0.2, 0) is 6.42 Å². The van der Waals surface area contributed by atoms with Gasteiger partial charge in [-0.25, -0.2) is 4.98 Å². The van der Waals surface area contributed by atoms with Crippen LogP contribution in [-0.4, -0.2) is 31.7 Å². The van der Waals surface area contributed by atoms with Crippen LogP contribution < -0.4 is 19.5 Å². The topological polar surface area (TPSA) is 69.7 Å². The first-order chi connectivity index (χ1) is 17.5. The lowest BCUT2D eigenvalue weighted by atomic mass is 10.1. The van der Waals surface area contributed by atoms with Crippen molar-refractivity contribution in [2.45, 2.75) is 6.42 Å². The van der Waals surface area contributed by atoms with Gasteiger partial charge in [-0.3, -0.25) is 4.79 Å². The number of hydrogen-bond acceptors (Lipinski definition) is 5. The predicted octanol–water partition coefficient (Wildman–Crippen LogP) is 6.95. The van der Waals surface area contributed by atoms with Crippen molar-refractivity contribution in [1.82, 2.24) is 4.98 Å². The maximum Gasteiger partial charge on any atom is 0.255 e. The Balaban J connectivity index is 1.42. The van der Waals surface area contributed by atoms with E-state index in [9.17, 15) is 4.79 Å². The van der Waals surface area contributed by atoms with Gasteiger partial charge in [-0.05, 0) is 54.1 Å². The number of carbonyl (C=O) groups is 1. The third kappa shape index (κ3) is 6.27. The van der Waals surface area contributed by atoms with Crippen LogP contribution in [0.4, 0.5) is 5.69 Å². The van der Waals surface area contributed by atoms with Gasteiger partial charge in [0.15, 0.2) is 11.5 Å². The molecule has 0 unspecified atom stereocenters. The molecule has 0 fully saturated rings. The van der Waals surface area contributed by atoms with Gasteiger partial charge in [0.25, 0.3) is 5.91 Å². The summed E-state index contributed by atoms with van der Waals surface area (Å²) in [5, 5.41) is 4.07. The molecule has 36 heavy (non-hydrogen) atoms. The highest BCUT2D eigenvalue weighted by Gasteiger charge is 2.13. The minimum atomic E-state index is -0.268. The Labute approximate surface area is 219 Å². The van der Waals surface area contributed by atoms with Crippen LogP contribution in [0.25, 0.3) is 11.3 Å². The number of carbonyl (C=O) groups excluding carboxylic acids is 1. The molecule has 1 heterocycles. The van der Waals surface area contributed by atoms with Gasteiger partial charge in [0.05, 0.1) is 26.5 Å². The Morgan fingerprint density at radius 1 is 0.889 bits per heavy atom. The molecule has 0 atom stereocenters. The lowest BCUT2D eigenvalue weighted by molar-refractivity contribution is 0.102. The van der Waals surface area contributed by atoms with Crippen molar-refractivity contribution in [3.05, 3.63) is 100 Å². The van der Waals surface area contributed by atoms with Crippen molar-refractivity contribution >= 4 is 34.8 Å². The molecule has 184 valence electrons. The number of pyridine rings is 1. The molecule has 0 bridgehead atoms. The summed E-state index contributed by atoms with van der Waals surface area (Å²) >= 11 is 12.2. The molecule has 4 rings (SSSR count). The molecule has 0 saturated carbocycles. The van der Waals surface area contributed by atoms with Gasteiger partial charge in [0.1, 0.15) is 0 Å². The van der Waals surface area contributed by atoms with Gasteiger partial charge >= 0.3 is 0 Å². The molecule has 0 saturated heterocycles. The summed E-state index contributed by atoms with van der Waals surface area (Å²) in [5.74, 6) is 1.27. The van der Waals surface area contributed by atoms with E-state index in [-0.39, 0.29) is 5.91 Å². The molecule has 1 aromatic heterocycles. The van der Waals surface area contributed by atoms with Gasteiger partial charge in [-0.15, -0.1) is 0 Å². The van der Waals surface area contributed by atoms with Crippen LogP contribution in [0.15, 0.2) is 78.9 Å². The smallest absolute Gasteiger partial charge is 0.255 e. The van der Waals surface area contributed by atoms with Crippen LogP contribution in [0.3, 0.4) is 0 Å². The summed E-state index contributed by atoms with van der Waals surface area (Å²) in [7, 11) is 3.13. The van der Waals surface area contributed by atoms with E-state index in [0.29, 0.717) is 51.7 Å². The fourth-order valence-corrected chi connectivity index (χ4v) is 4.05. The zero-order valence-corrected chi connectivity index (χ0v) is 21.3. The Morgan fingerprint density at radius 2 is 1.69 bits per heavy atom. The van der Waals surface area contributed by atoms with E-state index in [1.165, 1.54) is 0 Å². The second-order valence-corrected chi connectivity index (χ2v) is 8.64. The van der Waals surface area contributed by atoms with Crippen LogP contribution in [0, 0.1) is 0 Å². The molecule has 1 amide bonds. The molecule has 0 radical (unpaired) electrons. The van der Waals surface area contributed by atoms with Crippen molar-refractivity contribution in [1.29, 1.82) is 0 Å². The highest BCUT2D eigenvalue weighted by Crippen LogP contribution is 2.29. The number of nitrogens with one attached hydrogen (secondary N) is 1. The Hall–Kier alpha value is -3.74. The van der Waals surface area contributed by atoms with Gasteiger partial charge in [-0.2, -0.15) is 0 Å². The maximum absolute atomic E-state index is 12.9. The van der Waals surface area contributed by atoms with E-state index in [1.54, 1.807) is 50.6 Å². The summed E-state index contributed by atoms with van der Waals surface area (Å²) in [6.07, 6.45) is 0.573. The minimum absolute atomic E-state index is 0.268. The number of ether oxygens (including phenoxy) is 3. The second kappa shape index (κ2) is 11.8. The summed E-state index contributed by atoms with van der Waals surface area (Å²) < 4.78 is 16.5. The Bertz CT molecular complexity index is 1360. The van der Waals surface area contributed by atoms with Gasteiger partial charge in [0, 0.05) is 39.3 Å². The van der Waals surface area contributed by atoms with Gasteiger partial charge in [0.2, 0.25) is 5.88 Å². The molecule has 0 aliphatic carbocycles. The van der Waals surface area contributed by atoms with E-state index in [2.05, 4.69) is 10.3 Å². The first kappa shape index (κ1) is 25.4. The number of amides is 1. The zero-order valence-electron chi connectivity index (χ0n) is 19.8. The average Bonchev–Trinajstić information content (AvgIpc) is 2.90. The zero-order chi connectivity index (χ0) is 25.5. The number of rotatable bonds is 9. The van der Waals surface area contributed by atoms with E-state index in [0.717, 1.165) is 16.8 Å². The first-order valence-corrected chi connectivity index (χ1v) is 11.9. The maximum atomic E-state index is 12.9. The number of methoxy groups -OCH3 is 2. The summed E-state index contributed by atoms with van der Waals surface area (Å²) in [6, 6.07) is 23.4. The fraction of sp³-hybridized carbons (Fsp3) is 0.143. The van der Waals surface area contributed by atoms with E-state index < -0.39 is 0 Å². The van der Waals surface area contributed by atoms with E-state index in [4.69, 9.17) is 37.4 Å². The number of aromatic nitrogens is 1. The molecule has 8 heteroatoms. The average molecular weight is 523 g/mol. The largest absolute Gasteiger partial charge is 0.493 e. The molecule has 0 spiro atoms. The standard InChI is InChI=1S/C28H24Cl2N2O4/c1-34-25-13-9-20(16-26(25)36-15-14-18-6-10-21(29)17-23(18)30)28(33)31-22-11-7-19(8-12-22)24-4-3-5-27(32-24)35-2/h3-13,16-17H,14-15H2,1-2H3,(H,31,33). The molecule has 0 aliphatic rings. The van der Waals surface area contributed by atoms with Crippen LogP contribution >= 0.6 is 23.2 Å². The summed E-state index contributed by atoms with van der Waals surface area (Å²) in [5.41, 5.74) is 3.70. The highest BCUT2D eigenvalue weighted by molar-refractivity contribution is 6.35. The summed E-state index contributed by atoms with van der Waals surface area (Å²) in [4.78, 5) is 17.3. The molecule has 1 N–H and O–H groups in total. The molecular weight excluding hydrogens is 499 g/mol. The Kier molecular flexibility index (Phi) is 8.31. The van der Waals surface area contributed by atoms with Crippen molar-refractivity contribution in [3.8, 4) is 28.6 Å². The predicted molar refractivity (Wildman–Crippen MR) is 143 cm³/mol. The monoisotopic (exact) mass is 522 g/mol. The van der Waals surface area contributed by atoms with E-state index >= 15 is 0 Å². The number of nitrogens with zero attached hydrogens (tertiary/aromatic N) is 1. The van der Waals surface area contributed by atoms with Gasteiger partial charge < -0.3 is 19.5 Å². The third-order valence-corrected chi connectivity index (χ3v) is 6.03. The molecule has 6 nitrogen and oxygen atoms in total. The molecule has 3 aromatic carbocycles. The molecular formula is C28H24Cl2N2O4. The van der Waals surface area contributed by atoms with Crippen LogP contribution in [0.5, 0.6) is 17.4 Å². The lowest BCUT2D eigenvalue weighted by Crippen LogP contribution is -2.12. The van der Waals surface area contributed by atoms with Crippen molar-refractivity contribution in [2.75, 3.05) is 26.1 Å². The SMILES string of the molecule is COc1cccc(-c2ccc(NC(=O)c3ccc(OC)c(OCCc4ccc(Cl)cc4Cl)c3)cc2)n1. The third-order valence-electron chi connectivity index (χ3n) is 5.44. The fourth-order valence-electron chi connectivity index (χ4n) is 3.54. The first-order valence-electron chi connectivity index (χ1n) is 11.1. The summed E-state index contributed by atoms with van der Waals surface area (Å²) in [6.45, 7) is 0.350. The van der Waals surface area contributed by atoms with Gasteiger partial charge in [-0.1, -0.05) is 47.5 Å². The number of benzene rings is 3. The number of halogens is 2. The van der Waals surface area contributed by atoms with Crippen molar-refractivity contribution in [3.63, 3.8) is 0 Å². The quantitative estimate of drug-likeness (QED) is 0.257. The van der Waals surface area contributed by atoms with Crippen molar-refractivity contribution < 1.29 is 19.0 Å². The van der Waals surface area contributed by atoms with Crippen LogP contribution in [0.1, 0.15) is 15.9 Å².